The largest absolute Gasteiger partial charge is 0.508 e. The number of aromatic hydroxyl groups is 1. The molecule has 0 aromatic heterocycles. The van der Waals surface area contributed by atoms with Crippen LogP contribution in [0.3, 0.4) is 0 Å². The third-order valence-corrected chi connectivity index (χ3v) is 9.22. The van der Waals surface area contributed by atoms with Crippen molar-refractivity contribution >= 4 is 11.9 Å². The number of urea groups is 1. The van der Waals surface area contributed by atoms with Gasteiger partial charge in [0.25, 0.3) is 5.91 Å². The van der Waals surface area contributed by atoms with Gasteiger partial charge in [-0.15, -0.1) is 0 Å². The van der Waals surface area contributed by atoms with Crippen molar-refractivity contribution in [3.63, 3.8) is 0 Å². The predicted molar refractivity (Wildman–Crippen MR) is 125 cm³/mol. The molecule has 1 aliphatic heterocycles. The number of aryl methyl sites for hydroxylation is 1. The van der Waals surface area contributed by atoms with E-state index in [9.17, 15) is 19.8 Å². The maximum absolute atomic E-state index is 13.3. The summed E-state index contributed by atoms with van der Waals surface area (Å²) in [5.74, 6) is 0.808. The van der Waals surface area contributed by atoms with Crippen LogP contribution in [0.25, 0.3) is 0 Å². The van der Waals surface area contributed by atoms with Crippen LogP contribution >= 0.6 is 0 Å². The molecule has 3 aliphatic carbocycles. The van der Waals surface area contributed by atoms with Gasteiger partial charge in [0.15, 0.2) is 0 Å². The van der Waals surface area contributed by atoms with Crippen LogP contribution in [0.15, 0.2) is 18.2 Å². The van der Waals surface area contributed by atoms with Gasteiger partial charge in [0.1, 0.15) is 11.3 Å². The average Bonchev–Trinajstić information content (AvgIpc) is 3.47. The number of carbonyl (C=O) groups is 2. The van der Waals surface area contributed by atoms with E-state index in [1.54, 1.807) is 17.0 Å². The molecule has 7 nitrogen and oxygen atoms in total. The van der Waals surface area contributed by atoms with Gasteiger partial charge >= 0.3 is 6.03 Å². The number of nitrogens with zero attached hydrogens (tertiary/aromatic N) is 2. The number of imide groups is 1. The lowest BCUT2D eigenvalue weighted by Crippen LogP contribution is -2.67. The molecule has 4 aliphatic rings. The first kappa shape index (κ1) is 22.7. The van der Waals surface area contributed by atoms with Crippen LogP contribution in [0, 0.1) is 18.8 Å². The van der Waals surface area contributed by atoms with E-state index in [1.807, 2.05) is 19.9 Å². The number of likely N-dealkylation sites (N-methyl/N-ethyl adjacent to an activating group) is 2. The van der Waals surface area contributed by atoms with Crippen molar-refractivity contribution in [1.29, 1.82) is 0 Å². The molecule has 5 unspecified atom stereocenters. The van der Waals surface area contributed by atoms with Crippen LogP contribution in [-0.4, -0.2) is 69.3 Å². The minimum Gasteiger partial charge on any atom is -0.508 e. The van der Waals surface area contributed by atoms with Gasteiger partial charge in [-0.3, -0.25) is 15.0 Å². The molecule has 180 valence electrons. The second-order valence-corrected chi connectivity index (χ2v) is 11.2. The Balaban J connectivity index is 1.67. The summed E-state index contributed by atoms with van der Waals surface area (Å²) >= 11 is 0. The Morgan fingerprint density at radius 2 is 1.97 bits per heavy atom. The fraction of sp³-hybridized carbons (Fsp3) is 0.692. The van der Waals surface area contributed by atoms with Crippen molar-refractivity contribution in [2.24, 2.45) is 11.8 Å². The Labute approximate surface area is 196 Å². The Hall–Kier alpha value is -2.12. The number of hydrogen-bond acceptors (Lipinski definition) is 5. The Morgan fingerprint density at radius 1 is 1.24 bits per heavy atom. The zero-order valence-corrected chi connectivity index (χ0v) is 20.2. The van der Waals surface area contributed by atoms with Gasteiger partial charge in [0.05, 0.1) is 5.60 Å². The van der Waals surface area contributed by atoms with E-state index >= 15 is 0 Å². The summed E-state index contributed by atoms with van der Waals surface area (Å²) in [6, 6.07) is 4.95. The highest BCUT2D eigenvalue weighted by atomic mass is 16.3. The first-order valence-corrected chi connectivity index (χ1v) is 12.4. The zero-order valence-electron chi connectivity index (χ0n) is 20.2. The molecular formula is C26H37N3O4. The lowest BCUT2D eigenvalue weighted by atomic mass is 9.54. The summed E-state index contributed by atoms with van der Waals surface area (Å²) in [4.78, 5) is 30.0. The average molecular weight is 456 g/mol. The predicted octanol–water partition coefficient (Wildman–Crippen LogP) is 2.91. The molecule has 3 N–H and O–H groups in total. The van der Waals surface area contributed by atoms with Gasteiger partial charge in [-0.05, 0) is 94.5 Å². The number of aliphatic hydroxyl groups is 1. The maximum atomic E-state index is 13.3. The fourth-order valence-electron chi connectivity index (χ4n) is 7.84. The normalized spacial score (nSPS) is 38.3. The Bertz CT molecular complexity index is 994. The van der Waals surface area contributed by atoms with Crippen LogP contribution in [0.1, 0.15) is 63.5 Å². The maximum Gasteiger partial charge on any atom is 0.325 e. The van der Waals surface area contributed by atoms with Crippen LogP contribution in [0.5, 0.6) is 5.75 Å². The molecule has 7 heteroatoms. The number of benzene rings is 1. The first-order valence-electron chi connectivity index (χ1n) is 12.4. The van der Waals surface area contributed by atoms with Crippen LogP contribution in [0.4, 0.5) is 4.79 Å². The molecule has 3 saturated carbocycles. The highest BCUT2D eigenvalue weighted by molar-refractivity contribution is 6.07. The molecule has 33 heavy (non-hydrogen) atoms. The van der Waals surface area contributed by atoms with Crippen LogP contribution < -0.4 is 5.32 Å². The summed E-state index contributed by atoms with van der Waals surface area (Å²) in [5, 5.41) is 25.7. The molecule has 0 radical (unpaired) electrons. The molecule has 5 atom stereocenters. The minimum atomic E-state index is -1.06. The first-order chi connectivity index (χ1) is 15.6. The number of rotatable bonds is 5. The summed E-state index contributed by atoms with van der Waals surface area (Å²) < 4.78 is 0. The van der Waals surface area contributed by atoms with Crippen LogP contribution in [-0.2, 0) is 10.2 Å². The van der Waals surface area contributed by atoms with Crippen molar-refractivity contribution in [1.82, 2.24) is 15.1 Å². The number of nitrogens with one attached hydrogen (secondary N) is 1. The second kappa shape index (κ2) is 7.44. The van der Waals surface area contributed by atoms with Gasteiger partial charge in [-0.25, -0.2) is 4.79 Å². The smallest absolute Gasteiger partial charge is 0.325 e. The lowest BCUT2D eigenvalue weighted by Gasteiger charge is -2.56. The molecule has 1 saturated heterocycles. The Morgan fingerprint density at radius 3 is 2.64 bits per heavy atom. The zero-order chi connectivity index (χ0) is 23.8. The van der Waals surface area contributed by atoms with Crippen molar-refractivity contribution in [2.75, 3.05) is 20.1 Å². The highest BCUT2D eigenvalue weighted by Gasteiger charge is 2.71. The summed E-state index contributed by atoms with van der Waals surface area (Å²) in [5.41, 5.74) is -0.883. The molecule has 1 aromatic rings. The molecule has 1 heterocycles. The Kier molecular flexibility index (Phi) is 5.11. The van der Waals surface area contributed by atoms with Crippen LogP contribution in [0.2, 0.25) is 0 Å². The highest BCUT2D eigenvalue weighted by Crippen LogP contribution is 2.63. The fourth-order valence-corrected chi connectivity index (χ4v) is 7.84. The number of amides is 3. The third kappa shape index (κ3) is 3.08. The molecule has 4 fully saturated rings. The number of carbonyl (C=O) groups excluding carboxylic acids is 2. The van der Waals surface area contributed by atoms with Gasteiger partial charge < -0.3 is 15.1 Å². The number of phenolic OH excluding ortho intramolecular Hbond substituents is 1. The van der Waals surface area contributed by atoms with Crippen molar-refractivity contribution in [3.05, 3.63) is 29.3 Å². The molecule has 1 aromatic carbocycles. The van der Waals surface area contributed by atoms with Crippen molar-refractivity contribution < 1.29 is 19.8 Å². The number of fused-ring (bicyclic) bond motifs is 1. The van der Waals surface area contributed by atoms with Gasteiger partial charge in [-0.2, -0.15) is 0 Å². The third-order valence-electron chi connectivity index (χ3n) is 9.22. The number of phenols is 1. The number of hydrogen-bond donors (Lipinski definition) is 3. The van der Waals surface area contributed by atoms with E-state index < -0.39 is 16.6 Å². The standard InChI is InChI=1S/C26H37N3O4/c1-5-29-23(32)27-22(31)25(29)10-11-26(33)21(28(4)14-18-7-8-18)17(3)13-24(26,15-25)20-12-19(30)9-6-16(20)2/h6,9,12,17-18,21,30,33H,5,7-8,10-11,13-15H2,1-4H3,(H,27,31,32). The minimum absolute atomic E-state index is 0.0487. The van der Waals surface area contributed by atoms with E-state index in [2.05, 4.69) is 24.2 Å². The van der Waals surface area contributed by atoms with E-state index in [4.69, 9.17) is 0 Å². The topological polar surface area (TPSA) is 93.1 Å². The summed E-state index contributed by atoms with van der Waals surface area (Å²) in [6.45, 7) is 7.52. The van der Waals surface area contributed by atoms with E-state index in [1.165, 1.54) is 12.8 Å². The lowest BCUT2D eigenvalue weighted by molar-refractivity contribution is -0.145. The monoisotopic (exact) mass is 455 g/mol. The van der Waals surface area contributed by atoms with Gasteiger partial charge in [0.2, 0.25) is 0 Å². The van der Waals surface area contributed by atoms with Gasteiger partial charge in [0, 0.05) is 24.5 Å². The molecular weight excluding hydrogens is 418 g/mol. The van der Waals surface area contributed by atoms with E-state index in [-0.39, 0.29) is 29.6 Å². The van der Waals surface area contributed by atoms with E-state index in [0.29, 0.717) is 38.1 Å². The van der Waals surface area contributed by atoms with E-state index in [0.717, 1.165) is 17.7 Å². The molecule has 1 spiro atoms. The molecule has 5 rings (SSSR count). The quantitative estimate of drug-likeness (QED) is 0.594. The summed E-state index contributed by atoms with van der Waals surface area (Å²) in [7, 11) is 2.12. The molecule has 3 amide bonds. The van der Waals surface area contributed by atoms with Gasteiger partial charge in [-0.1, -0.05) is 13.0 Å². The second-order valence-electron chi connectivity index (χ2n) is 11.2. The SMILES string of the molecule is CCN1C(=O)NC(=O)C12CCC1(O)C(N(C)CC3CC3)C(C)CC1(c1cc(O)ccc1C)C2. The summed E-state index contributed by atoms with van der Waals surface area (Å²) in [6.07, 6.45) is 4.44. The molecule has 0 bridgehead atoms. The van der Waals surface area contributed by atoms with Crippen molar-refractivity contribution in [2.45, 2.75) is 81.9 Å². The van der Waals surface area contributed by atoms with Crippen molar-refractivity contribution in [3.8, 4) is 5.75 Å².